The van der Waals surface area contributed by atoms with E-state index < -0.39 is 0 Å². The minimum absolute atomic E-state index is 0.00518. The van der Waals surface area contributed by atoms with Gasteiger partial charge in [-0.05, 0) is 37.1 Å². The summed E-state index contributed by atoms with van der Waals surface area (Å²) in [6.45, 7) is 1.91. The van der Waals surface area contributed by atoms with E-state index in [9.17, 15) is 4.79 Å². The monoisotopic (exact) mass is 252 g/mol. The van der Waals surface area contributed by atoms with Gasteiger partial charge in [0.1, 0.15) is 11.5 Å². The third-order valence-corrected chi connectivity index (χ3v) is 2.45. The van der Waals surface area contributed by atoms with Gasteiger partial charge < -0.3 is 20.5 Å². The zero-order chi connectivity index (χ0) is 13.5. The molecule has 0 aliphatic heterocycles. The summed E-state index contributed by atoms with van der Waals surface area (Å²) >= 11 is 0. The number of benzene rings is 1. The highest BCUT2D eigenvalue weighted by atomic mass is 16.5. The Morgan fingerprint density at radius 1 is 1.50 bits per heavy atom. The Morgan fingerprint density at radius 3 is 2.78 bits per heavy atom. The Morgan fingerprint density at radius 2 is 2.22 bits per heavy atom. The number of amides is 1. The van der Waals surface area contributed by atoms with Crippen molar-refractivity contribution in [2.45, 2.75) is 19.4 Å². The van der Waals surface area contributed by atoms with Crippen LogP contribution < -0.4 is 20.5 Å². The summed E-state index contributed by atoms with van der Waals surface area (Å²) in [5.74, 6) is 1.24. The summed E-state index contributed by atoms with van der Waals surface area (Å²) in [7, 11) is 3.18. The third-order valence-electron chi connectivity index (χ3n) is 2.45. The normalized spacial score (nSPS) is 11.8. The largest absolute Gasteiger partial charge is 0.497 e. The molecule has 0 bridgehead atoms. The van der Waals surface area contributed by atoms with E-state index in [1.807, 2.05) is 13.0 Å². The Bertz CT molecular complexity index is 405. The van der Waals surface area contributed by atoms with Crippen molar-refractivity contribution in [3.05, 3.63) is 23.8 Å². The van der Waals surface area contributed by atoms with Gasteiger partial charge in [0, 0.05) is 13.1 Å². The van der Waals surface area contributed by atoms with Gasteiger partial charge in [-0.2, -0.15) is 0 Å². The van der Waals surface area contributed by atoms with E-state index in [1.165, 1.54) is 0 Å². The molecule has 0 aromatic heterocycles. The van der Waals surface area contributed by atoms with Crippen molar-refractivity contribution in [3.8, 4) is 11.5 Å². The molecule has 5 nitrogen and oxygen atoms in total. The quantitative estimate of drug-likeness (QED) is 0.782. The van der Waals surface area contributed by atoms with Crippen molar-refractivity contribution < 1.29 is 14.3 Å². The summed E-state index contributed by atoms with van der Waals surface area (Å²) in [5.41, 5.74) is 6.73. The second kappa shape index (κ2) is 6.86. The fraction of sp³-hybridized carbons (Fsp3) is 0.462. The molecule has 18 heavy (non-hydrogen) atoms. The highest BCUT2D eigenvalue weighted by Crippen LogP contribution is 2.25. The molecule has 3 N–H and O–H groups in total. The summed E-state index contributed by atoms with van der Waals surface area (Å²) in [6, 6.07) is 5.48. The number of carbonyl (C=O) groups is 1. The molecule has 5 heteroatoms. The van der Waals surface area contributed by atoms with Crippen LogP contribution in [0.25, 0.3) is 0 Å². The van der Waals surface area contributed by atoms with Gasteiger partial charge in [-0.15, -0.1) is 0 Å². The standard InChI is InChI=1S/C13H20N2O3/c1-9(14)6-10-7-11(17-3)4-5-12(10)18-8-13(16)15-2/h4-5,7,9H,6,8,14H2,1-3H3,(H,15,16). The zero-order valence-electron chi connectivity index (χ0n) is 11.0. The van der Waals surface area contributed by atoms with Gasteiger partial charge in [-0.1, -0.05) is 0 Å². The number of likely N-dealkylation sites (N-methyl/N-ethyl adjacent to an activating group) is 1. The lowest BCUT2D eigenvalue weighted by molar-refractivity contribution is -0.122. The van der Waals surface area contributed by atoms with Crippen molar-refractivity contribution in [1.82, 2.24) is 5.32 Å². The first-order valence-corrected chi connectivity index (χ1v) is 5.82. The Labute approximate surface area is 107 Å². The molecule has 0 fully saturated rings. The van der Waals surface area contributed by atoms with Crippen LogP contribution in [-0.2, 0) is 11.2 Å². The van der Waals surface area contributed by atoms with E-state index in [4.69, 9.17) is 15.2 Å². The van der Waals surface area contributed by atoms with Crippen LogP contribution in [0.1, 0.15) is 12.5 Å². The summed E-state index contributed by atoms with van der Waals surface area (Å²) < 4.78 is 10.6. The number of carbonyl (C=O) groups excluding carboxylic acids is 1. The Hall–Kier alpha value is -1.75. The lowest BCUT2D eigenvalue weighted by Crippen LogP contribution is -2.25. The SMILES string of the molecule is CNC(=O)COc1ccc(OC)cc1CC(C)N. The molecule has 0 aliphatic rings. The van der Waals surface area contributed by atoms with Crippen LogP contribution in [-0.4, -0.2) is 32.7 Å². The average Bonchev–Trinajstić information content (AvgIpc) is 2.36. The van der Waals surface area contributed by atoms with E-state index in [2.05, 4.69) is 5.32 Å². The van der Waals surface area contributed by atoms with Gasteiger partial charge in [0.05, 0.1) is 7.11 Å². The molecule has 1 unspecified atom stereocenters. The van der Waals surface area contributed by atoms with Crippen LogP contribution in [0.4, 0.5) is 0 Å². The molecule has 0 saturated heterocycles. The van der Waals surface area contributed by atoms with E-state index in [1.54, 1.807) is 26.3 Å². The van der Waals surface area contributed by atoms with E-state index in [0.29, 0.717) is 12.2 Å². The molecule has 0 spiro atoms. The van der Waals surface area contributed by atoms with Crippen LogP contribution >= 0.6 is 0 Å². The molecule has 0 radical (unpaired) electrons. The number of hydrogen-bond donors (Lipinski definition) is 2. The Balaban J connectivity index is 2.84. The summed E-state index contributed by atoms with van der Waals surface area (Å²) in [5, 5.41) is 2.50. The number of ether oxygens (including phenoxy) is 2. The first-order valence-electron chi connectivity index (χ1n) is 5.82. The number of rotatable bonds is 6. The maximum Gasteiger partial charge on any atom is 0.257 e. The third kappa shape index (κ3) is 4.25. The molecule has 0 heterocycles. The smallest absolute Gasteiger partial charge is 0.257 e. The second-order valence-corrected chi connectivity index (χ2v) is 4.12. The number of nitrogens with one attached hydrogen (secondary N) is 1. The molecule has 1 amide bonds. The predicted molar refractivity (Wildman–Crippen MR) is 69.9 cm³/mol. The van der Waals surface area contributed by atoms with Crippen molar-refractivity contribution >= 4 is 5.91 Å². The first kappa shape index (κ1) is 14.3. The van der Waals surface area contributed by atoms with Crippen molar-refractivity contribution in [2.24, 2.45) is 5.73 Å². The number of methoxy groups -OCH3 is 1. The van der Waals surface area contributed by atoms with E-state index in [-0.39, 0.29) is 18.6 Å². The molecule has 1 aromatic carbocycles. The fourth-order valence-corrected chi connectivity index (χ4v) is 1.55. The van der Waals surface area contributed by atoms with Gasteiger partial charge in [0.25, 0.3) is 5.91 Å². The van der Waals surface area contributed by atoms with Gasteiger partial charge in [0.2, 0.25) is 0 Å². The second-order valence-electron chi connectivity index (χ2n) is 4.12. The average molecular weight is 252 g/mol. The minimum atomic E-state index is -0.169. The van der Waals surface area contributed by atoms with Crippen LogP contribution in [0.3, 0.4) is 0 Å². The van der Waals surface area contributed by atoms with Gasteiger partial charge in [0.15, 0.2) is 6.61 Å². The van der Waals surface area contributed by atoms with Crippen molar-refractivity contribution in [3.63, 3.8) is 0 Å². The van der Waals surface area contributed by atoms with E-state index in [0.717, 1.165) is 11.3 Å². The van der Waals surface area contributed by atoms with Gasteiger partial charge >= 0.3 is 0 Å². The molecule has 1 atom stereocenters. The van der Waals surface area contributed by atoms with Crippen LogP contribution in [0.2, 0.25) is 0 Å². The lowest BCUT2D eigenvalue weighted by Gasteiger charge is -2.14. The van der Waals surface area contributed by atoms with Crippen molar-refractivity contribution in [1.29, 1.82) is 0 Å². The molecule has 0 aliphatic carbocycles. The van der Waals surface area contributed by atoms with Crippen LogP contribution in [0, 0.1) is 0 Å². The minimum Gasteiger partial charge on any atom is -0.497 e. The zero-order valence-corrected chi connectivity index (χ0v) is 11.0. The fourth-order valence-electron chi connectivity index (χ4n) is 1.55. The van der Waals surface area contributed by atoms with Crippen molar-refractivity contribution in [2.75, 3.05) is 20.8 Å². The summed E-state index contributed by atoms with van der Waals surface area (Å²) in [4.78, 5) is 11.2. The van der Waals surface area contributed by atoms with E-state index >= 15 is 0 Å². The highest BCUT2D eigenvalue weighted by molar-refractivity contribution is 5.77. The molecular weight excluding hydrogens is 232 g/mol. The first-order chi connectivity index (χ1) is 8.56. The predicted octanol–water partition coefficient (Wildman–Crippen LogP) is 0.710. The summed E-state index contributed by atoms with van der Waals surface area (Å²) in [6.07, 6.45) is 0.667. The highest BCUT2D eigenvalue weighted by Gasteiger charge is 2.09. The molecular formula is C13H20N2O3. The van der Waals surface area contributed by atoms with Gasteiger partial charge in [-0.3, -0.25) is 4.79 Å². The molecule has 1 rings (SSSR count). The maximum atomic E-state index is 11.2. The number of hydrogen-bond acceptors (Lipinski definition) is 4. The molecule has 100 valence electrons. The lowest BCUT2D eigenvalue weighted by atomic mass is 10.1. The molecule has 1 aromatic rings. The van der Waals surface area contributed by atoms with Gasteiger partial charge in [-0.25, -0.2) is 0 Å². The Kier molecular flexibility index (Phi) is 5.45. The number of nitrogens with two attached hydrogens (primary N) is 1. The van der Waals surface area contributed by atoms with Crippen LogP contribution in [0.15, 0.2) is 18.2 Å². The van der Waals surface area contributed by atoms with Crippen LogP contribution in [0.5, 0.6) is 11.5 Å². The topological polar surface area (TPSA) is 73.6 Å². The molecule has 0 saturated carbocycles. The maximum absolute atomic E-state index is 11.2.